The molecular weight excluding hydrogens is 884 g/mol. The van der Waals surface area contributed by atoms with Crippen molar-refractivity contribution >= 4 is 111 Å². The number of thiazole rings is 2. The zero-order valence-electron chi connectivity index (χ0n) is 30.7. The number of aromatic nitrogens is 6. The van der Waals surface area contributed by atoms with Crippen molar-refractivity contribution in [3.63, 3.8) is 0 Å². The maximum Gasteiger partial charge on any atom is 0.276 e. The summed E-state index contributed by atoms with van der Waals surface area (Å²) in [6.45, 7) is 15.5. The summed E-state index contributed by atoms with van der Waals surface area (Å²) >= 11 is 15.2. The summed E-state index contributed by atoms with van der Waals surface area (Å²) in [4.78, 5) is 32.6. The zero-order valence-corrected chi connectivity index (χ0v) is 36.3. The van der Waals surface area contributed by atoms with E-state index in [9.17, 15) is 5.11 Å². The van der Waals surface area contributed by atoms with E-state index in [0.29, 0.717) is 21.5 Å². The summed E-state index contributed by atoms with van der Waals surface area (Å²) < 4.78 is 8.32. The summed E-state index contributed by atoms with van der Waals surface area (Å²) in [7, 11) is 0. The first-order chi connectivity index (χ1) is 26.6. The molecule has 0 spiro atoms. The van der Waals surface area contributed by atoms with Gasteiger partial charge in [0.2, 0.25) is 0 Å². The van der Waals surface area contributed by atoms with Gasteiger partial charge in [-0.3, -0.25) is 0 Å². The number of hydrogen-bond acceptors (Lipinski definition) is 12. The minimum absolute atomic E-state index is 0.132. The van der Waals surface area contributed by atoms with Gasteiger partial charge in [0.1, 0.15) is 47.6 Å². The highest BCUT2D eigenvalue weighted by atomic mass is 79.9. The molecule has 0 bridgehead atoms. The van der Waals surface area contributed by atoms with Gasteiger partial charge in [-0.2, -0.15) is 0 Å². The van der Waals surface area contributed by atoms with Crippen molar-refractivity contribution in [2.24, 2.45) is 11.8 Å². The number of aliphatic hydroxyl groups excluding tert-OH is 1. The van der Waals surface area contributed by atoms with Gasteiger partial charge in [-0.15, -0.1) is 0 Å². The lowest BCUT2D eigenvalue weighted by Crippen LogP contribution is -2.39. The Kier molecular flexibility index (Phi) is 14.6. The molecule has 2 fully saturated rings. The molecule has 2 saturated heterocycles. The molecule has 0 saturated carbocycles. The number of piperidine rings is 2. The van der Waals surface area contributed by atoms with E-state index in [-0.39, 0.29) is 12.2 Å². The topological polar surface area (TPSA) is 113 Å². The third kappa shape index (κ3) is 11.3. The number of fused-ring (bicyclic) bond motifs is 2. The summed E-state index contributed by atoms with van der Waals surface area (Å²) in [5.74, 6) is 3.02. The highest BCUT2D eigenvalue weighted by Crippen LogP contribution is 2.32. The molecule has 2 aliphatic rings. The largest absolute Gasteiger partial charge is 0.467 e. The molecule has 288 valence electrons. The molecule has 15 heteroatoms. The third-order valence-electron chi connectivity index (χ3n) is 9.77. The van der Waals surface area contributed by atoms with Crippen molar-refractivity contribution in [1.29, 1.82) is 0 Å². The number of rotatable bonds is 8. The molecule has 0 radical (unpaired) electrons. The van der Waals surface area contributed by atoms with E-state index in [2.05, 4.69) is 104 Å². The second kappa shape index (κ2) is 19.6. The Morgan fingerprint density at radius 2 is 1.22 bits per heavy atom. The first kappa shape index (κ1) is 41.1. The fourth-order valence-corrected chi connectivity index (χ4v) is 9.17. The summed E-state index contributed by atoms with van der Waals surface area (Å²) in [6, 6.07) is 15.8. The summed E-state index contributed by atoms with van der Waals surface area (Å²) in [5.41, 5.74) is 3.83. The molecule has 0 aromatic carbocycles. The van der Waals surface area contributed by atoms with Crippen molar-refractivity contribution in [2.75, 3.05) is 36.0 Å². The van der Waals surface area contributed by atoms with E-state index in [1.165, 1.54) is 22.7 Å². The first-order valence-corrected chi connectivity index (χ1v) is 21.7. The van der Waals surface area contributed by atoms with E-state index in [4.69, 9.17) is 16.3 Å². The Hall–Kier alpha value is -3.53. The van der Waals surface area contributed by atoms with Crippen molar-refractivity contribution in [2.45, 2.75) is 51.7 Å². The van der Waals surface area contributed by atoms with Crippen LogP contribution in [0.4, 0.5) is 11.6 Å². The van der Waals surface area contributed by atoms with E-state index in [0.717, 1.165) is 105 Å². The number of pyridine rings is 4. The maximum absolute atomic E-state index is 9.56. The van der Waals surface area contributed by atoms with E-state index in [1.807, 2.05) is 61.8 Å². The Balaban J connectivity index is 0.000000156. The van der Waals surface area contributed by atoms with Gasteiger partial charge in [0.25, 0.3) is 5.19 Å². The lowest BCUT2D eigenvalue weighted by molar-refractivity contribution is 0.110. The van der Waals surface area contributed by atoms with Crippen LogP contribution >= 0.6 is 66.1 Å². The van der Waals surface area contributed by atoms with E-state index < -0.39 is 0 Å². The quantitative estimate of drug-likeness (QED) is 0.148. The van der Waals surface area contributed by atoms with Crippen molar-refractivity contribution in [3.05, 3.63) is 98.9 Å². The van der Waals surface area contributed by atoms with Crippen molar-refractivity contribution in [1.82, 2.24) is 29.9 Å². The van der Waals surface area contributed by atoms with Gasteiger partial charge in [-0.1, -0.05) is 59.6 Å². The molecule has 8 heterocycles. The molecule has 2 unspecified atom stereocenters. The molecule has 6 aromatic rings. The van der Waals surface area contributed by atoms with Crippen LogP contribution in [-0.2, 0) is 0 Å². The smallest absolute Gasteiger partial charge is 0.276 e. The van der Waals surface area contributed by atoms with Gasteiger partial charge in [0.05, 0.1) is 6.10 Å². The summed E-state index contributed by atoms with van der Waals surface area (Å²) in [6.07, 6.45) is 11.5. The molecule has 1 N–H and O–H groups in total. The Labute approximate surface area is 351 Å². The van der Waals surface area contributed by atoms with Gasteiger partial charge < -0.3 is 19.6 Å². The molecule has 8 rings (SSSR count). The van der Waals surface area contributed by atoms with Gasteiger partial charge in [0.15, 0.2) is 4.47 Å². The van der Waals surface area contributed by atoms with Gasteiger partial charge in [-0.25, -0.2) is 29.9 Å². The monoisotopic (exact) mass is 924 g/mol. The third-order valence-corrected chi connectivity index (χ3v) is 12.6. The first-order valence-electron chi connectivity index (χ1n) is 18.1. The number of hydrogen-bond donors (Lipinski definition) is 1. The average molecular weight is 927 g/mol. The molecule has 2 aliphatic heterocycles. The minimum atomic E-state index is -0.187. The second-order valence-electron chi connectivity index (χ2n) is 13.4. The lowest BCUT2D eigenvalue weighted by Gasteiger charge is -2.35. The number of halogens is 3. The van der Waals surface area contributed by atoms with E-state index in [1.54, 1.807) is 6.08 Å². The highest BCUT2D eigenvalue weighted by Gasteiger charge is 2.27. The molecule has 6 aromatic heterocycles. The fourth-order valence-electron chi connectivity index (χ4n) is 6.47. The predicted octanol–water partition coefficient (Wildman–Crippen LogP) is 10.6. The van der Waals surface area contributed by atoms with Crippen LogP contribution in [0.2, 0.25) is 4.47 Å². The average Bonchev–Trinajstić information content (AvgIpc) is 3.79. The van der Waals surface area contributed by atoms with Crippen LogP contribution < -0.4 is 14.5 Å². The van der Waals surface area contributed by atoms with Crippen LogP contribution in [-0.4, -0.2) is 73.4 Å². The van der Waals surface area contributed by atoms with Gasteiger partial charge >= 0.3 is 0 Å². The standard InChI is InChI=1S/C20H21BrN4OS.C14H20N2O.C6H2BrClN2S/c1-3-14-4-7-18(22-12-14)25-10-8-15(9-11-25)13(2)26-20-23-16-5-6-17(21)24-19(16)27-20;1-3-12-4-5-14(15-10-12)16-8-6-13(7-9-16)11(2)17;7-4-2-1-3-5(10-4)11-6(8)9-3/h3-7,12-13,15H,1,8-11H2,2H3;3-5,10-11,13,17H,1,6-9H2,2H3;1-2H. The van der Waals surface area contributed by atoms with Crippen LogP contribution in [0.5, 0.6) is 5.19 Å². The van der Waals surface area contributed by atoms with Crippen molar-refractivity contribution in [3.8, 4) is 5.19 Å². The molecule has 0 aliphatic carbocycles. The van der Waals surface area contributed by atoms with Crippen molar-refractivity contribution < 1.29 is 9.84 Å². The maximum atomic E-state index is 9.56. The van der Waals surface area contributed by atoms with Crippen LogP contribution in [0.3, 0.4) is 0 Å². The Bertz CT molecular complexity index is 2170. The van der Waals surface area contributed by atoms with Crippen LogP contribution in [0, 0.1) is 11.8 Å². The van der Waals surface area contributed by atoms with Crippen LogP contribution in [0.25, 0.3) is 32.8 Å². The summed E-state index contributed by atoms with van der Waals surface area (Å²) in [5, 5.41) is 10.3. The number of aliphatic hydroxyl groups is 1. The SMILES string of the molecule is C=Cc1ccc(N2CCC(C(C)O)CC2)nc1.C=Cc1ccc(N2CCC(C(C)Oc3nc4ccc(Br)nc4s3)CC2)nc1.Clc1nc2ccc(Br)nc2s1. The fraction of sp³-hybridized carbons (Fsp3) is 0.350. The Morgan fingerprint density at radius 3 is 1.69 bits per heavy atom. The molecule has 55 heavy (non-hydrogen) atoms. The zero-order chi connectivity index (χ0) is 38.9. The number of ether oxygens (including phenoxy) is 1. The molecule has 0 amide bonds. The number of anilines is 2. The number of nitrogens with zero attached hydrogens (tertiary/aromatic N) is 8. The molecule has 10 nitrogen and oxygen atoms in total. The molecule has 2 atom stereocenters. The van der Waals surface area contributed by atoms with Gasteiger partial charge in [0, 0.05) is 38.6 Å². The van der Waals surface area contributed by atoms with Crippen LogP contribution in [0.15, 0.2) is 83.3 Å². The highest BCUT2D eigenvalue weighted by molar-refractivity contribution is 9.10. The predicted molar refractivity (Wildman–Crippen MR) is 236 cm³/mol. The van der Waals surface area contributed by atoms with E-state index >= 15 is 0 Å². The van der Waals surface area contributed by atoms with Crippen LogP contribution in [0.1, 0.15) is 50.7 Å². The lowest BCUT2D eigenvalue weighted by atomic mass is 9.92. The molecular formula is C40H43Br2ClN8O2S2. The second-order valence-corrected chi connectivity index (χ2v) is 17.5. The van der Waals surface area contributed by atoms with Gasteiger partial charge in [-0.05, 0) is 143 Å². The normalized spacial score (nSPS) is 16.1. The Morgan fingerprint density at radius 1 is 0.727 bits per heavy atom. The minimum Gasteiger partial charge on any atom is -0.467 e.